The van der Waals surface area contributed by atoms with E-state index in [4.69, 9.17) is 11.6 Å². The number of rotatable bonds is 7. The number of halogens is 1. The Morgan fingerprint density at radius 2 is 1.94 bits per heavy atom. The summed E-state index contributed by atoms with van der Waals surface area (Å²) in [6.07, 6.45) is 1.55. The molecule has 1 aliphatic rings. The zero-order chi connectivity index (χ0) is 24.2. The summed E-state index contributed by atoms with van der Waals surface area (Å²) in [5, 5.41) is 7.21. The van der Waals surface area contributed by atoms with Gasteiger partial charge in [-0.05, 0) is 31.4 Å². The first-order valence-electron chi connectivity index (χ1n) is 11.4. The fourth-order valence-corrected chi connectivity index (χ4v) is 4.95. The molecule has 34 heavy (non-hydrogen) atoms. The number of hydrogen-bond donors (Lipinski definition) is 2. The third kappa shape index (κ3) is 6.02. The maximum absolute atomic E-state index is 12.7. The summed E-state index contributed by atoms with van der Waals surface area (Å²) in [5.41, 5.74) is 1.51. The largest absolute Gasteiger partial charge is 0.354 e. The van der Waals surface area contributed by atoms with Crippen molar-refractivity contribution in [2.75, 3.05) is 48.3 Å². The standard InChI is InChI=1S/C24H30ClN7OS/c1-15(2)14-31-8-10-32(11-9-31)21-12-20(27-17(4)28-21)29-24-26-13-19(34-24)23(33)30-22-16(3)6-5-7-18(22)25/h5-7,12-13,15H,8-11,14H2,1-4H3,(H,30,33)(H,26,27,28,29). The van der Waals surface area contributed by atoms with Gasteiger partial charge in [-0.25, -0.2) is 15.0 Å². The van der Waals surface area contributed by atoms with Gasteiger partial charge in [0.15, 0.2) is 5.13 Å². The minimum Gasteiger partial charge on any atom is -0.354 e. The van der Waals surface area contributed by atoms with Crippen molar-refractivity contribution >= 4 is 51.3 Å². The second-order valence-corrected chi connectivity index (χ2v) is 10.3. The van der Waals surface area contributed by atoms with Crippen molar-refractivity contribution in [2.24, 2.45) is 5.92 Å². The number of piperazine rings is 1. The van der Waals surface area contributed by atoms with E-state index in [1.807, 2.05) is 32.0 Å². The number of aryl methyl sites for hydroxylation is 2. The monoisotopic (exact) mass is 499 g/mol. The van der Waals surface area contributed by atoms with E-state index in [2.05, 4.69) is 49.2 Å². The number of aromatic nitrogens is 3. The molecule has 0 saturated carbocycles. The van der Waals surface area contributed by atoms with E-state index < -0.39 is 0 Å². The number of nitrogens with zero attached hydrogens (tertiary/aromatic N) is 5. The maximum Gasteiger partial charge on any atom is 0.267 e. The van der Waals surface area contributed by atoms with E-state index >= 15 is 0 Å². The molecule has 0 aliphatic carbocycles. The number of thiazole rings is 1. The summed E-state index contributed by atoms with van der Waals surface area (Å²) in [7, 11) is 0. The molecular formula is C24H30ClN7OS. The molecular weight excluding hydrogens is 470 g/mol. The van der Waals surface area contributed by atoms with Crippen molar-refractivity contribution in [1.29, 1.82) is 0 Å². The number of anilines is 4. The van der Waals surface area contributed by atoms with Gasteiger partial charge in [0.2, 0.25) is 0 Å². The zero-order valence-corrected chi connectivity index (χ0v) is 21.5. The highest BCUT2D eigenvalue weighted by molar-refractivity contribution is 7.17. The van der Waals surface area contributed by atoms with Crippen LogP contribution in [0.15, 0.2) is 30.5 Å². The zero-order valence-electron chi connectivity index (χ0n) is 19.9. The van der Waals surface area contributed by atoms with Crippen LogP contribution in [-0.2, 0) is 0 Å². The van der Waals surface area contributed by atoms with E-state index in [0.717, 1.165) is 44.1 Å². The summed E-state index contributed by atoms with van der Waals surface area (Å²) in [5.74, 6) is 2.68. The lowest BCUT2D eigenvalue weighted by molar-refractivity contribution is 0.103. The molecule has 0 atom stereocenters. The molecule has 1 saturated heterocycles. The van der Waals surface area contributed by atoms with E-state index in [9.17, 15) is 4.79 Å². The Morgan fingerprint density at radius 1 is 1.18 bits per heavy atom. The van der Waals surface area contributed by atoms with Gasteiger partial charge in [0.05, 0.1) is 16.9 Å². The summed E-state index contributed by atoms with van der Waals surface area (Å²) >= 11 is 7.50. The first kappa shape index (κ1) is 24.4. The molecule has 0 bridgehead atoms. The Hall–Kier alpha value is -2.75. The highest BCUT2D eigenvalue weighted by Gasteiger charge is 2.20. The van der Waals surface area contributed by atoms with Crippen molar-refractivity contribution in [1.82, 2.24) is 19.9 Å². The van der Waals surface area contributed by atoms with Gasteiger partial charge in [0.25, 0.3) is 5.91 Å². The molecule has 0 spiro atoms. The molecule has 2 aromatic heterocycles. The average molecular weight is 500 g/mol. The Labute approximate surface area is 209 Å². The van der Waals surface area contributed by atoms with Crippen molar-refractivity contribution in [2.45, 2.75) is 27.7 Å². The topological polar surface area (TPSA) is 86.3 Å². The van der Waals surface area contributed by atoms with Gasteiger partial charge < -0.3 is 15.5 Å². The second kappa shape index (κ2) is 10.7. The fraction of sp³-hybridized carbons (Fsp3) is 0.417. The molecule has 3 aromatic rings. The van der Waals surface area contributed by atoms with Crippen LogP contribution in [0.4, 0.5) is 22.5 Å². The number of para-hydroxylation sites is 1. The lowest BCUT2D eigenvalue weighted by Gasteiger charge is -2.36. The minimum atomic E-state index is -0.249. The van der Waals surface area contributed by atoms with Crippen LogP contribution in [0.3, 0.4) is 0 Å². The quantitative estimate of drug-likeness (QED) is 0.474. The van der Waals surface area contributed by atoms with Crippen LogP contribution in [-0.4, -0.2) is 58.5 Å². The van der Waals surface area contributed by atoms with Gasteiger partial charge in [-0.1, -0.05) is 48.9 Å². The summed E-state index contributed by atoms with van der Waals surface area (Å²) in [4.78, 5) is 31.5. The summed E-state index contributed by atoms with van der Waals surface area (Å²) in [6, 6.07) is 7.45. The lowest BCUT2D eigenvalue weighted by atomic mass is 10.2. The van der Waals surface area contributed by atoms with Crippen molar-refractivity contribution in [3.05, 3.63) is 51.7 Å². The number of benzene rings is 1. The van der Waals surface area contributed by atoms with E-state index in [0.29, 0.717) is 38.3 Å². The van der Waals surface area contributed by atoms with Crippen LogP contribution in [0.1, 0.15) is 34.9 Å². The number of amides is 1. The first-order valence-corrected chi connectivity index (χ1v) is 12.6. The van der Waals surface area contributed by atoms with Gasteiger partial charge in [-0.2, -0.15) is 0 Å². The van der Waals surface area contributed by atoms with Gasteiger partial charge in [-0.3, -0.25) is 9.69 Å². The van der Waals surface area contributed by atoms with Crippen LogP contribution in [0.25, 0.3) is 0 Å². The summed E-state index contributed by atoms with van der Waals surface area (Å²) < 4.78 is 0. The number of carbonyl (C=O) groups excluding carboxylic acids is 1. The second-order valence-electron chi connectivity index (χ2n) is 8.88. The maximum atomic E-state index is 12.7. The molecule has 10 heteroatoms. The van der Waals surface area contributed by atoms with Gasteiger partial charge in [0, 0.05) is 38.8 Å². The van der Waals surface area contributed by atoms with Crippen molar-refractivity contribution in [3.8, 4) is 0 Å². The lowest BCUT2D eigenvalue weighted by Crippen LogP contribution is -2.47. The Morgan fingerprint density at radius 3 is 2.65 bits per heavy atom. The Kier molecular flexibility index (Phi) is 7.65. The van der Waals surface area contributed by atoms with E-state index in [1.165, 1.54) is 11.3 Å². The third-order valence-electron chi connectivity index (χ3n) is 5.57. The van der Waals surface area contributed by atoms with Gasteiger partial charge in [0.1, 0.15) is 22.3 Å². The SMILES string of the molecule is Cc1nc(Nc2ncc(C(=O)Nc3c(C)cccc3Cl)s2)cc(N2CCN(CC(C)C)CC2)n1. The molecule has 0 unspecified atom stereocenters. The van der Waals surface area contributed by atoms with E-state index in [1.54, 1.807) is 12.3 Å². The predicted molar refractivity (Wildman–Crippen MR) is 140 cm³/mol. The Balaban J connectivity index is 1.42. The molecule has 1 aromatic carbocycles. The van der Waals surface area contributed by atoms with Crippen LogP contribution in [0.5, 0.6) is 0 Å². The minimum absolute atomic E-state index is 0.249. The van der Waals surface area contributed by atoms with Crippen LogP contribution in [0.2, 0.25) is 5.02 Å². The van der Waals surface area contributed by atoms with Crippen LogP contribution in [0, 0.1) is 19.8 Å². The molecule has 1 fully saturated rings. The van der Waals surface area contributed by atoms with Crippen molar-refractivity contribution in [3.63, 3.8) is 0 Å². The Bertz CT molecular complexity index is 1140. The smallest absolute Gasteiger partial charge is 0.267 e. The van der Waals surface area contributed by atoms with Gasteiger partial charge in [-0.15, -0.1) is 0 Å². The molecule has 4 rings (SSSR count). The number of nitrogens with one attached hydrogen (secondary N) is 2. The molecule has 3 heterocycles. The highest BCUT2D eigenvalue weighted by atomic mass is 35.5. The average Bonchev–Trinajstić information content (AvgIpc) is 3.24. The van der Waals surface area contributed by atoms with E-state index in [-0.39, 0.29) is 5.91 Å². The molecule has 180 valence electrons. The predicted octanol–water partition coefficient (Wildman–Crippen LogP) is 4.98. The molecule has 8 nitrogen and oxygen atoms in total. The van der Waals surface area contributed by atoms with Crippen LogP contribution < -0.4 is 15.5 Å². The number of carbonyl (C=O) groups is 1. The third-order valence-corrected chi connectivity index (χ3v) is 6.80. The summed E-state index contributed by atoms with van der Waals surface area (Å²) in [6.45, 7) is 13.3. The highest BCUT2D eigenvalue weighted by Crippen LogP contribution is 2.28. The number of hydrogen-bond acceptors (Lipinski definition) is 8. The molecule has 2 N–H and O–H groups in total. The van der Waals surface area contributed by atoms with Crippen LogP contribution >= 0.6 is 22.9 Å². The first-order chi connectivity index (χ1) is 16.3. The molecule has 0 radical (unpaired) electrons. The fourth-order valence-electron chi connectivity index (χ4n) is 3.97. The van der Waals surface area contributed by atoms with Crippen molar-refractivity contribution < 1.29 is 4.79 Å². The normalized spacial score (nSPS) is 14.5. The van der Waals surface area contributed by atoms with Gasteiger partial charge >= 0.3 is 0 Å². The molecule has 1 aliphatic heterocycles. The molecule has 1 amide bonds.